The molecule has 0 spiro atoms. The average Bonchev–Trinajstić information content (AvgIpc) is 2.87. The van der Waals surface area contributed by atoms with Crippen molar-refractivity contribution in [2.45, 2.75) is 19.5 Å². The quantitative estimate of drug-likeness (QED) is 0.490. The first-order chi connectivity index (χ1) is 16.9. The van der Waals surface area contributed by atoms with Crippen molar-refractivity contribution in [2.24, 2.45) is 5.73 Å². The van der Waals surface area contributed by atoms with E-state index in [0.29, 0.717) is 43.4 Å². The summed E-state index contributed by atoms with van der Waals surface area (Å²) in [4.78, 5) is 30.6. The second kappa shape index (κ2) is 13.0. The Hall–Kier alpha value is -3.30. The first kappa shape index (κ1) is 26.3. The van der Waals surface area contributed by atoms with Crippen LogP contribution >= 0.6 is 0 Å². The molecule has 9 heteroatoms. The SMILES string of the molecule is COc1ccc(CN2CCN(CC(=O)N(CCC(N)=O)Cc3ccccc3)CC2)c(OC)c1OC. The van der Waals surface area contributed by atoms with E-state index in [-0.39, 0.29) is 12.3 Å². The average molecular weight is 485 g/mol. The molecule has 0 radical (unpaired) electrons. The topological polar surface area (TPSA) is 97.6 Å². The van der Waals surface area contributed by atoms with Gasteiger partial charge in [0.1, 0.15) is 0 Å². The van der Waals surface area contributed by atoms with Gasteiger partial charge in [-0.05, 0) is 11.6 Å². The third-order valence-electron chi connectivity index (χ3n) is 6.20. The number of carbonyl (C=O) groups is 2. The number of ether oxygens (including phenoxy) is 3. The molecule has 0 aliphatic carbocycles. The molecule has 3 rings (SSSR count). The third-order valence-corrected chi connectivity index (χ3v) is 6.20. The van der Waals surface area contributed by atoms with Gasteiger partial charge in [0.2, 0.25) is 17.6 Å². The van der Waals surface area contributed by atoms with E-state index >= 15 is 0 Å². The summed E-state index contributed by atoms with van der Waals surface area (Å²) in [6.45, 7) is 5.01. The van der Waals surface area contributed by atoms with Crippen LogP contribution in [-0.4, -0.2) is 87.1 Å². The van der Waals surface area contributed by atoms with Crippen LogP contribution in [0.2, 0.25) is 0 Å². The van der Waals surface area contributed by atoms with Crippen LogP contribution < -0.4 is 19.9 Å². The standard InChI is InChI=1S/C26H36N4O5/c1-33-22-10-9-21(25(34-2)26(22)35-3)18-28-13-15-29(16-14-28)19-24(32)30(12-11-23(27)31)17-20-7-5-4-6-8-20/h4-10H,11-19H2,1-3H3,(H2,27,31). The van der Waals surface area contributed by atoms with Gasteiger partial charge < -0.3 is 24.8 Å². The minimum atomic E-state index is -0.407. The van der Waals surface area contributed by atoms with E-state index in [0.717, 1.165) is 37.3 Å². The van der Waals surface area contributed by atoms with E-state index in [1.54, 1.807) is 26.2 Å². The molecule has 9 nitrogen and oxygen atoms in total. The highest BCUT2D eigenvalue weighted by molar-refractivity contribution is 5.79. The fourth-order valence-corrected chi connectivity index (χ4v) is 4.27. The summed E-state index contributed by atoms with van der Waals surface area (Å²) >= 11 is 0. The Labute approximate surface area is 207 Å². The normalized spacial score (nSPS) is 14.4. The summed E-state index contributed by atoms with van der Waals surface area (Å²) in [6.07, 6.45) is 0.152. The molecule has 0 saturated carbocycles. The number of nitrogens with zero attached hydrogens (tertiary/aromatic N) is 3. The van der Waals surface area contributed by atoms with Crippen molar-refractivity contribution < 1.29 is 23.8 Å². The van der Waals surface area contributed by atoms with Gasteiger partial charge >= 0.3 is 0 Å². The molecule has 2 N–H and O–H groups in total. The summed E-state index contributed by atoms with van der Waals surface area (Å²) in [5, 5.41) is 0. The monoisotopic (exact) mass is 484 g/mol. The van der Waals surface area contributed by atoms with Crippen LogP contribution in [-0.2, 0) is 22.7 Å². The molecule has 1 aliphatic rings. The minimum absolute atomic E-state index is 0.00473. The van der Waals surface area contributed by atoms with E-state index in [1.807, 2.05) is 42.5 Å². The number of rotatable bonds is 12. The number of primary amides is 1. The van der Waals surface area contributed by atoms with Gasteiger partial charge in [-0.25, -0.2) is 0 Å². The second-order valence-corrected chi connectivity index (χ2v) is 8.56. The fourth-order valence-electron chi connectivity index (χ4n) is 4.27. The summed E-state index contributed by atoms with van der Waals surface area (Å²) < 4.78 is 16.5. The number of nitrogens with two attached hydrogens (primary N) is 1. The Morgan fingerprint density at radius 2 is 1.54 bits per heavy atom. The van der Waals surface area contributed by atoms with Gasteiger partial charge in [-0.1, -0.05) is 36.4 Å². The van der Waals surface area contributed by atoms with Crippen molar-refractivity contribution in [3.63, 3.8) is 0 Å². The first-order valence-corrected chi connectivity index (χ1v) is 11.8. The van der Waals surface area contributed by atoms with Gasteiger partial charge in [0.15, 0.2) is 11.5 Å². The van der Waals surface area contributed by atoms with Crippen LogP contribution in [0, 0.1) is 0 Å². The lowest BCUT2D eigenvalue weighted by Crippen LogP contribution is -2.49. The number of benzene rings is 2. The van der Waals surface area contributed by atoms with Crippen LogP contribution in [0.5, 0.6) is 17.2 Å². The van der Waals surface area contributed by atoms with Crippen molar-refractivity contribution in [1.29, 1.82) is 0 Å². The third kappa shape index (κ3) is 7.34. The van der Waals surface area contributed by atoms with Crippen LogP contribution in [0.25, 0.3) is 0 Å². The van der Waals surface area contributed by atoms with Crippen LogP contribution in [0.15, 0.2) is 42.5 Å². The van der Waals surface area contributed by atoms with Crippen molar-refractivity contribution >= 4 is 11.8 Å². The van der Waals surface area contributed by atoms with E-state index < -0.39 is 5.91 Å². The molecule has 35 heavy (non-hydrogen) atoms. The van der Waals surface area contributed by atoms with Crippen LogP contribution in [0.4, 0.5) is 0 Å². The predicted octanol–water partition coefficient (Wildman–Crippen LogP) is 1.73. The highest BCUT2D eigenvalue weighted by atomic mass is 16.5. The molecule has 1 aliphatic heterocycles. The zero-order valence-corrected chi connectivity index (χ0v) is 20.9. The molecule has 2 aromatic rings. The Bertz CT molecular complexity index is 977. The first-order valence-electron chi connectivity index (χ1n) is 11.8. The maximum atomic E-state index is 13.1. The number of hydrogen-bond donors (Lipinski definition) is 1. The zero-order chi connectivity index (χ0) is 25.2. The van der Waals surface area contributed by atoms with E-state index in [4.69, 9.17) is 19.9 Å². The van der Waals surface area contributed by atoms with Crippen molar-refractivity contribution in [2.75, 3.05) is 60.6 Å². The smallest absolute Gasteiger partial charge is 0.237 e. The fraction of sp³-hybridized carbons (Fsp3) is 0.462. The summed E-state index contributed by atoms with van der Waals surface area (Å²) in [6, 6.07) is 13.7. The summed E-state index contributed by atoms with van der Waals surface area (Å²) in [7, 11) is 4.83. The number of carbonyl (C=O) groups excluding carboxylic acids is 2. The lowest BCUT2D eigenvalue weighted by Gasteiger charge is -2.35. The molecule has 0 unspecified atom stereocenters. The van der Waals surface area contributed by atoms with Crippen molar-refractivity contribution in [3.05, 3.63) is 53.6 Å². The molecular weight excluding hydrogens is 448 g/mol. The molecule has 1 saturated heterocycles. The van der Waals surface area contributed by atoms with Gasteiger partial charge in [0.05, 0.1) is 27.9 Å². The van der Waals surface area contributed by atoms with Crippen LogP contribution in [0.1, 0.15) is 17.5 Å². The Kier molecular flexibility index (Phi) is 9.75. The molecule has 190 valence electrons. The molecule has 1 fully saturated rings. The molecule has 1 heterocycles. The number of piperazine rings is 1. The Balaban J connectivity index is 1.57. The lowest BCUT2D eigenvalue weighted by molar-refractivity contribution is -0.134. The van der Waals surface area contributed by atoms with Crippen molar-refractivity contribution in [1.82, 2.24) is 14.7 Å². The summed E-state index contributed by atoms with van der Waals surface area (Å²) in [5.41, 5.74) is 7.39. The molecule has 0 bridgehead atoms. The van der Waals surface area contributed by atoms with Gasteiger partial charge in [0.25, 0.3) is 0 Å². The number of amides is 2. The zero-order valence-electron chi connectivity index (χ0n) is 20.9. The van der Waals surface area contributed by atoms with E-state index in [2.05, 4.69) is 9.80 Å². The Morgan fingerprint density at radius 3 is 2.14 bits per heavy atom. The maximum Gasteiger partial charge on any atom is 0.237 e. The molecule has 2 amide bonds. The Morgan fingerprint density at radius 1 is 0.886 bits per heavy atom. The highest BCUT2D eigenvalue weighted by Gasteiger charge is 2.24. The number of hydrogen-bond acceptors (Lipinski definition) is 7. The highest BCUT2D eigenvalue weighted by Crippen LogP contribution is 2.40. The van der Waals surface area contributed by atoms with Gasteiger partial charge in [-0.15, -0.1) is 0 Å². The number of methoxy groups -OCH3 is 3. The van der Waals surface area contributed by atoms with E-state index in [1.165, 1.54) is 0 Å². The predicted molar refractivity (Wildman–Crippen MR) is 133 cm³/mol. The van der Waals surface area contributed by atoms with Crippen LogP contribution in [0.3, 0.4) is 0 Å². The van der Waals surface area contributed by atoms with Gasteiger partial charge in [0, 0.05) is 57.8 Å². The maximum absolute atomic E-state index is 13.1. The minimum Gasteiger partial charge on any atom is -0.493 e. The second-order valence-electron chi connectivity index (χ2n) is 8.56. The molecule has 2 aromatic carbocycles. The largest absolute Gasteiger partial charge is 0.493 e. The van der Waals surface area contributed by atoms with E-state index in [9.17, 15) is 9.59 Å². The van der Waals surface area contributed by atoms with Gasteiger partial charge in [-0.2, -0.15) is 0 Å². The molecule has 0 atom stereocenters. The van der Waals surface area contributed by atoms with Crippen molar-refractivity contribution in [3.8, 4) is 17.2 Å². The molecular formula is C26H36N4O5. The van der Waals surface area contributed by atoms with Gasteiger partial charge in [-0.3, -0.25) is 19.4 Å². The summed E-state index contributed by atoms with van der Waals surface area (Å²) in [5.74, 6) is 1.50. The lowest BCUT2D eigenvalue weighted by atomic mass is 10.1. The molecule has 0 aromatic heterocycles.